The number of nitrogens with zero attached hydrogens (tertiary/aromatic N) is 2. The lowest BCUT2D eigenvalue weighted by atomic mass is 9.78. The lowest BCUT2D eigenvalue weighted by molar-refractivity contribution is -0.139. The van der Waals surface area contributed by atoms with Gasteiger partial charge >= 0.3 is 0 Å². The molecular weight excluding hydrogens is 448 g/mol. The highest BCUT2D eigenvalue weighted by Crippen LogP contribution is 2.34. The Bertz CT molecular complexity index is 1220. The molecule has 2 saturated heterocycles. The van der Waals surface area contributed by atoms with Crippen molar-refractivity contribution in [2.75, 3.05) is 33.2 Å². The molecule has 1 atom stereocenters. The van der Waals surface area contributed by atoms with Crippen LogP contribution in [0.1, 0.15) is 54.1 Å². The van der Waals surface area contributed by atoms with Gasteiger partial charge in [-0.1, -0.05) is 36.4 Å². The Kier molecular flexibility index (Phi) is 6.89. The molecule has 0 bridgehead atoms. The molecule has 1 aromatic heterocycles. The van der Waals surface area contributed by atoms with Crippen molar-refractivity contribution in [1.29, 1.82) is 0 Å². The van der Waals surface area contributed by atoms with E-state index in [0.29, 0.717) is 11.5 Å². The Hall–Kier alpha value is -3.12. The van der Waals surface area contributed by atoms with Crippen molar-refractivity contribution in [2.24, 2.45) is 11.8 Å². The first kappa shape index (κ1) is 24.6. The molecular formula is C30H38N4O2. The van der Waals surface area contributed by atoms with Crippen molar-refractivity contribution in [3.05, 3.63) is 71.4 Å². The maximum atomic E-state index is 14.0. The molecule has 3 aromatic rings. The van der Waals surface area contributed by atoms with Crippen LogP contribution < -0.4 is 5.32 Å². The van der Waals surface area contributed by atoms with Gasteiger partial charge in [0.05, 0.1) is 0 Å². The lowest BCUT2D eigenvalue weighted by Gasteiger charge is -2.42. The fourth-order valence-electron chi connectivity index (χ4n) is 6.12. The van der Waals surface area contributed by atoms with E-state index in [-0.39, 0.29) is 11.8 Å². The van der Waals surface area contributed by atoms with E-state index in [0.717, 1.165) is 53.9 Å². The van der Waals surface area contributed by atoms with Gasteiger partial charge in [0.15, 0.2) is 0 Å². The second-order valence-electron chi connectivity index (χ2n) is 10.9. The number of carbonyl (C=O) groups is 2. The summed E-state index contributed by atoms with van der Waals surface area (Å²) in [7, 11) is 2.20. The first-order chi connectivity index (χ1) is 17.3. The summed E-state index contributed by atoms with van der Waals surface area (Å²) in [5.41, 5.74) is 2.27. The maximum absolute atomic E-state index is 14.0. The third-order valence-electron chi connectivity index (χ3n) is 8.55. The summed E-state index contributed by atoms with van der Waals surface area (Å²) >= 11 is 0. The number of rotatable bonds is 5. The van der Waals surface area contributed by atoms with Crippen LogP contribution in [0.4, 0.5) is 0 Å². The summed E-state index contributed by atoms with van der Waals surface area (Å²) in [6, 6.07) is 15.3. The number of hydrogen-bond donors (Lipinski definition) is 2. The highest BCUT2D eigenvalue weighted by atomic mass is 16.2. The molecule has 0 unspecified atom stereocenters. The van der Waals surface area contributed by atoms with E-state index in [9.17, 15) is 9.59 Å². The van der Waals surface area contributed by atoms with Crippen LogP contribution in [0.15, 0.2) is 54.7 Å². The van der Waals surface area contributed by atoms with Gasteiger partial charge in [-0.3, -0.25) is 9.59 Å². The summed E-state index contributed by atoms with van der Waals surface area (Å²) < 4.78 is 0. The second kappa shape index (κ2) is 10.1. The minimum absolute atomic E-state index is 0.0272. The van der Waals surface area contributed by atoms with Crippen LogP contribution in [-0.4, -0.2) is 59.8 Å². The third kappa shape index (κ3) is 4.79. The maximum Gasteiger partial charge on any atom is 0.252 e. The molecule has 0 aliphatic carbocycles. The zero-order valence-electron chi connectivity index (χ0n) is 21.7. The SMILES string of the molecule is Cc1c[nH]c2cc(C(=O)N[C@@](C)(C(=O)N3CCC(C4CCN(C)CC4)CC3)c3ccccc3)ccc12. The van der Waals surface area contributed by atoms with Crippen LogP contribution in [-0.2, 0) is 10.3 Å². The Morgan fingerprint density at radius 3 is 2.25 bits per heavy atom. The number of nitrogens with one attached hydrogen (secondary N) is 2. The number of H-pyrrole nitrogens is 1. The van der Waals surface area contributed by atoms with Crippen molar-refractivity contribution >= 4 is 22.7 Å². The quantitative estimate of drug-likeness (QED) is 0.549. The van der Waals surface area contributed by atoms with Crippen molar-refractivity contribution in [2.45, 2.75) is 45.1 Å². The molecule has 2 N–H and O–H groups in total. The van der Waals surface area contributed by atoms with Gasteiger partial charge < -0.3 is 20.1 Å². The molecule has 0 radical (unpaired) electrons. The molecule has 2 aliphatic rings. The molecule has 36 heavy (non-hydrogen) atoms. The number of carbonyl (C=O) groups excluding carboxylic acids is 2. The van der Waals surface area contributed by atoms with Crippen molar-refractivity contribution in [3.8, 4) is 0 Å². The van der Waals surface area contributed by atoms with Crippen LogP contribution in [0.25, 0.3) is 10.9 Å². The molecule has 2 amide bonds. The van der Waals surface area contributed by atoms with E-state index in [2.05, 4.69) is 22.2 Å². The number of aromatic nitrogens is 1. The van der Waals surface area contributed by atoms with Crippen LogP contribution in [0.3, 0.4) is 0 Å². The van der Waals surface area contributed by atoms with Crippen LogP contribution in [0, 0.1) is 18.8 Å². The second-order valence-corrected chi connectivity index (χ2v) is 10.9. The van der Waals surface area contributed by atoms with Gasteiger partial charge in [-0.25, -0.2) is 0 Å². The van der Waals surface area contributed by atoms with Gasteiger partial charge in [0.1, 0.15) is 5.54 Å². The van der Waals surface area contributed by atoms with Crippen molar-refractivity contribution < 1.29 is 9.59 Å². The number of aryl methyl sites for hydroxylation is 1. The zero-order valence-corrected chi connectivity index (χ0v) is 21.7. The first-order valence-electron chi connectivity index (χ1n) is 13.3. The van der Waals surface area contributed by atoms with Gasteiger partial charge in [-0.05, 0) is 94.8 Å². The van der Waals surface area contributed by atoms with Gasteiger partial charge in [0, 0.05) is 35.8 Å². The highest BCUT2D eigenvalue weighted by molar-refractivity contribution is 6.02. The summed E-state index contributed by atoms with van der Waals surface area (Å²) in [6.07, 6.45) is 6.55. The van der Waals surface area contributed by atoms with E-state index in [1.54, 1.807) is 0 Å². The molecule has 0 spiro atoms. The molecule has 2 fully saturated rings. The predicted molar refractivity (Wildman–Crippen MR) is 144 cm³/mol. The minimum atomic E-state index is -1.14. The van der Waals surface area contributed by atoms with Gasteiger partial charge in [0.25, 0.3) is 11.8 Å². The average molecular weight is 487 g/mol. The number of aromatic amines is 1. The van der Waals surface area contributed by atoms with Crippen LogP contribution >= 0.6 is 0 Å². The van der Waals surface area contributed by atoms with E-state index in [4.69, 9.17) is 0 Å². The number of fused-ring (bicyclic) bond motifs is 1. The van der Waals surface area contributed by atoms with Crippen molar-refractivity contribution in [1.82, 2.24) is 20.1 Å². The lowest BCUT2D eigenvalue weighted by Crippen LogP contribution is -2.57. The summed E-state index contributed by atoms with van der Waals surface area (Å²) in [5.74, 6) is 1.19. The standard InChI is InChI=1S/C30H38N4O2/c1-21-20-31-27-19-24(9-10-26(21)27)28(35)32-30(2,25-7-5-4-6-8-25)29(36)34-17-13-23(14-18-34)22-11-15-33(3)16-12-22/h4-10,19-20,22-23,31H,11-18H2,1-3H3,(H,32,35)/t30-/m1/s1. The molecule has 6 heteroatoms. The fourth-order valence-corrected chi connectivity index (χ4v) is 6.12. The molecule has 2 aliphatic heterocycles. The van der Waals surface area contributed by atoms with E-state index >= 15 is 0 Å². The van der Waals surface area contributed by atoms with Gasteiger partial charge in [-0.15, -0.1) is 0 Å². The highest BCUT2D eigenvalue weighted by Gasteiger charge is 2.41. The van der Waals surface area contributed by atoms with E-state index in [1.807, 2.05) is 73.5 Å². The number of likely N-dealkylation sites (tertiary alicyclic amines) is 2. The Balaban J connectivity index is 1.33. The Labute approximate surface area is 214 Å². The number of amides is 2. The minimum Gasteiger partial charge on any atom is -0.361 e. The number of hydrogen-bond acceptors (Lipinski definition) is 3. The largest absolute Gasteiger partial charge is 0.361 e. The summed E-state index contributed by atoms with van der Waals surface area (Å²) in [4.78, 5) is 35.1. The molecule has 5 rings (SSSR count). The first-order valence-corrected chi connectivity index (χ1v) is 13.3. The van der Waals surface area contributed by atoms with Crippen LogP contribution in [0.2, 0.25) is 0 Å². The van der Waals surface area contributed by atoms with Crippen LogP contribution in [0.5, 0.6) is 0 Å². The molecule has 0 saturated carbocycles. The third-order valence-corrected chi connectivity index (χ3v) is 8.55. The predicted octanol–water partition coefficient (Wildman–Crippen LogP) is 4.70. The average Bonchev–Trinajstić information content (AvgIpc) is 3.29. The van der Waals surface area contributed by atoms with Gasteiger partial charge in [-0.2, -0.15) is 0 Å². The number of piperidine rings is 2. The molecule has 6 nitrogen and oxygen atoms in total. The number of benzene rings is 2. The fraction of sp³-hybridized carbons (Fsp3) is 0.467. The Morgan fingerprint density at radius 1 is 0.944 bits per heavy atom. The van der Waals surface area contributed by atoms with E-state index in [1.165, 1.54) is 25.9 Å². The van der Waals surface area contributed by atoms with Gasteiger partial charge in [0.2, 0.25) is 0 Å². The van der Waals surface area contributed by atoms with E-state index < -0.39 is 5.54 Å². The summed E-state index contributed by atoms with van der Waals surface area (Å²) in [5, 5.41) is 4.22. The molecule has 2 aromatic carbocycles. The Morgan fingerprint density at radius 2 is 1.58 bits per heavy atom. The topological polar surface area (TPSA) is 68.4 Å². The zero-order chi connectivity index (χ0) is 25.3. The monoisotopic (exact) mass is 486 g/mol. The molecule has 3 heterocycles. The van der Waals surface area contributed by atoms with Crippen molar-refractivity contribution in [3.63, 3.8) is 0 Å². The normalized spacial score (nSPS) is 19.8. The summed E-state index contributed by atoms with van der Waals surface area (Å²) in [6.45, 7) is 7.75. The smallest absolute Gasteiger partial charge is 0.252 e. The molecule has 190 valence electrons.